The van der Waals surface area contributed by atoms with Gasteiger partial charge in [-0.1, -0.05) is 77.6 Å². The van der Waals surface area contributed by atoms with Crippen molar-refractivity contribution < 1.29 is 47.3 Å². The molecule has 0 N–H and O–H groups in total. The standard InChI is InChI=1S/C19H39NO4S.Na/c1-3-4-5-6-7-8-9-10-11-12-13-14-16-19(21)20(2)17-15-18-25(22,23)24;/h3-18H2,1-2H3,(H,22,23,24);/q;+1/p-1. The molecule has 150 valence electrons. The smallest absolute Gasteiger partial charge is 0.748 e. The molecule has 0 aromatic rings. The first-order valence-corrected chi connectivity index (χ1v) is 11.6. The summed E-state index contributed by atoms with van der Waals surface area (Å²) in [5.41, 5.74) is 0. The number of hydrogen-bond acceptors (Lipinski definition) is 4. The number of rotatable bonds is 17. The summed E-state index contributed by atoms with van der Waals surface area (Å²) in [6.07, 6.45) is 15.9. The molecule has 5 nitrogen and oxygen atoms in total. The van der Waals surface area contributed by atoms with E-state index in [0.717, 1.165) is 12.8 Å². The van der Waals surface area contributed by atoms with Gasteiger partial charge in [0.25, 0.3) is 0 Å². The molecule has 0 aliphatic heterocycles. The van der Waals surface area contributed by atoms with E-state index < -0.39 is 15.9 Å². The third-order valence-electron chi connectivity index (χ3n) is 4.56. The van der Waals surface area contributed by atoms with Crippen LogP contribution >= 0.6 is 0 Å². The summed E-state index contributed by atoms with van der Waals surface area (Å²) in [5, 5.41) is 0. The molecule has 0 aliphatic rings. The maximum absolute atomic E-state index is 11.9. The van der Waals surface area contributed by atoms with Gasteiger partial charge < -0.3 is 9.45 Å². The number of hydrogen-bond donors (Lipinski definition) is 0. The normalized spacial score (nSPS) is 11.2. The summed E-state index contributed by atoms with van der Waals surface area (Å²) in [7, 11) is -2.51. The molecule has 26 heavy (non-hydrogen) atoms. The van der Waals surface area contributed by atoms with Crippen molar-refractivity contribution in [3.05, 3.63) is 0 Å². The molecule has 1 amide bonds. The summed E-state index contributed by atoms with van der Waals surface area (Å²) in [5.74, 6) is -0.362. The minimum atomic E-state index is -4.17. The molecule has 0 unspecified atom stereocenters. The average Bonchev–Trinajstić information content (AvgIpc) is 2.54. The van der Waals surface area contributed by atoms with Crippen molar-refractivity contribution in [2.75, 3.05) is 19.3 Å². The van der Waals surface area contributed by atoms with Crippen molar-refractivity contribution in [2.45, 2.75) is 96.8 Å². The van der Waals surface area contributed by atoms with Crippen molar-refractivity contribution in [2.24, 2.45) is 0 Å². The molecule has 7 heteroatoms. The predicted molar refractivity (Wildman–Crippen MR) is 103 cm³/mol. The van der Waals surface area contributed by atoms with Crippen molar-refractivity contribution in [3.63, 3.8) is 0 Å². The Morgan fingerprint density at radius 1 is 0.808 bits per heavy atom. The van der Waals surface area contributed by atoms with E-state index in [1.165, 1.54) is 69.1 Å². The van der Waals surface area contributed by atoms with Gasteiger partial charge in [-0.05, 0) is 12.8 Å². The maximum atomic E-state index is 11.9. The van der Waals surface area contributed by atoms with Gasteiger partial charge in [0.05, 0.1) is 10.1 Å². The molecule has 0 spiro atoms. The molecule has 0 saturated carbocycles. The van der Waals surface area contributed by atoms with Crippen LogP contribution in [0.2, 0.25) is 0 Å². The van der Waals surface area contributed by atoms with E-state index in [-0.39, 0.29) is 41.9 Å². The van der Waals surface area contributed by atoms with Crippen molar-refractivity contribution in [3.8, 4) is 0 Å². The van der Waals surface area contributed by atoms with Gasteiger partial charge in [0.15, 0.2) is 0 Å². The summed E-state index contributed by atoms with van der Waals surface area (Å²) in [6, 6.07) is 0. The van der Waals surface area contributed by atoms with E-state index in [1.807, 2.05) is 0 Å². The molecular weight excluding hydrogens is 361 g/mol. The summed E-state index contributed by atoms with van der Waals surface area (Å²) < 4.78 is 31.6. The van der Waals surface area contributed by atoms with Crippen LogP contribution in [0, 0.1) is 0 Å². The van der Waals surface area contributed by atoms with E-state index in [0.29, 0.717) is 13.0 Å². The number of unbranched alkanes of at least 4 members (excludes halogenated alkanes) is 11. The Hall–Kier alpha value is 0.380. The molecule has 0 bridgehead atoms. The predicted octanol–water partition coefficient (Wildman–Crippen LogP) is 1.48. The average molecular weight is 400 g/mol. The molecule has 0 aliphatic carbocycles. The fraction of sp³-hybridized carbons (Fsp3) is 0.947. The van der Waals surface area contributed by atoms with Crippen LogP contribution in [-0.4, -0.2) is 43.1 Å². The first-order chi connectivity index (χ1) is 11.9. The Labute approximate surface area is 183 Å². The molecule has 0 saturated heterocycles. The molecule has 0 atom stereocenters. The molecule has 0 radical (unpaired) electrons. The Morgan fingerprint density at radius 3 is 1.65 bits per heavy atom. The quantitative estimate of drug-likeness (QED) is 0.211. The van der Waals surface area contributed by atoms with Crippen LogP contribution in [0.5, 0.6) is 0 Å². The van der Waals surface area contributed by atoms with E-state index in [4.69, 9.17) is 0 Å². The molecule has 0 rings (SSSR count). The summed E-state index contributed by atoms with van der Waals surface area (Å²) >= 11 is 0. The second-order valence-electron chi connectivity index (χ2n) is 7.07. The van der Waals surface area contributed by atoms with Gasteiger partial charge in [0.1, 0.15) is 0 Å². The molecule has 0 aromatic carbocycles. The topological polar surface area (TPSA) is 77.5 Å². The van der Waals surface area contributed by atoms with Gasteiger partial charge in [-0.2, -0.15) is 0 Å². The molecule has 0 fully saturated rings. The molecule has 0 aromatic heterocycles. The minimum Gasteiger partial charge on any atom is -0.748 e. The zero-order chi connectivity index (χ0) is 19.0. The van der Waals surface area contributed by atoms with E-state index in [1.54, 1.807) is 7.05 Å². The van der Waals surface area contributed by atoms with Gasteiger partial charge in [0.2, 0.25) is 5.91 Å². The van der Waals surface area contributed by atoms with Crippen LogP contribution in [-0.2, 0) is 14.9 Å². The Kier molecular flexibility index (Phi) is 20.6. The first kappa shape index (κ1) is 28.6. The largest absolute Gasteiger partial charge is 1.00 e. The Bertz CT molecular complexity index is 429. The van der Waals surface area contributed by atoms with Crippen molar-refractivity contribution in [1.29, 1.82) is 0 Å². The van der Waals surface area contributed by atoms with Gasteiger partial charge >= 0.3 is 29.6 Å². The second-order valence-corrected chi connectivity index (χ2v) is 8.59. The van der Waals surface area contributed by atoms with Crippen LogP contribution < -0.4 is 29.6 Å². The van der Waals surface area contributed by atoms with E-state index >= 15 is 0 Å². The van der Waals surface area contributed by atoms with Crippen LogP contribution in [0.15, 0.2) is 0 Å². The van der Waals surface area contributed by atoms with Crippen LogP contribution in [0.4, 0.5) is 0 Å². The van der Waals surface area contributed by atoms with Crippen LogP contribution in [0.3, 0.4) is 0 Å². The third kappa shape index (κ3) is 20.7. The fourth-order valence-corrected chi connectivity index (χ4v) is 3.39. The van der Waals surface area contributed by atoms with Crippen LogP contribution in [0.25, 0.3) is 0 Å². The van der Waals surface area contributed by atoms with E-state index in [9.17, 15) is 17.8 Å². The van der Waals surface area contributed by atoms with Crippen molar-refractivity contribution in [1.82, 2.24) is 4.90 Å². The Morgan fingerprint density at radius 2 is 1.23 bits per heavy atom. The zero-order valence-electron chi connectivity index (χ0n) is 17.3. The van der Waals surface area contributed by atoms with Crippen molar-refractivity contribution >= 4 is 16.0 Å². The zero-order valence-corrected chi connectivity index (χ0v) is 20.1. The van der Waals surface area contributed by atoms with Gasteiger partial charge in [-0.3, -0.25) is 4.79 Å². The summed E-state index contributed by atoms with van der Waals surface area (Å²) in [4.78, 5) is 13.4. The number of nitrogens with zero attached hydrogens (tertiary/aromatic N) is 1. The monoisotopic (exact) mass is 399 g/mol. The second kappa shape index (κ2) is 18.7. The van der Waals surface area contributed by atoms with Gasteiger partial charge in [-0.25, -0.2) is 8.42 Å². The Balaban J connectivity index is 0. The molecule has 0 heterocycles. The SMILES string of the molecule is CCCCCCCCCCCCCCC(=O)N(C)CCCS(=O)(=O)[O-].[Na+]. The third-order valence-corrected chi connectivity index (χ3v) is 5.35. The van der Waals surface area contributed by atoms with Gasteiger partial charge in [0, 0.05) is 25.8 Å². The number of carbonyl (C=O) groups excluding carboxylic acids is 1. The maximum Gasteiger partial charge on any atom is 1.00 e. The van der Waals surface area contributed by atoms with E-state index in [2.05, 4.69) is 6.92 Å². The number of amides is 1. The fourth-order valence-electron chi connectivity index (χ4n) is 2.91. The number of carbonyl (C=O) groups is 1. The summed E-state index contributed by atoms with van der Waals surface area (Å²) in [6.45, 7) is 2.58. The van der Waals surface area contributed by atoms with Gasteiger partial charge in [-0.15, -0.1) is 0 Å². The first-order valence-electron chi connectivity index (χ1n) is 10.0. The minimum absolute atomic E-state index is 0. The van der Waals surface area contributed by atoms with Crippen LogP contribution in [0.1, 0.15) is 96.8 Å². The molecular formula is C19H38NNaO4S.